The van der Waals surface area contributed by atoms with Crippen LogP contribution >= 0.6 is 0 Å². The summed E-state index contributed by atoms with van der Waals surface area (Å²) in [6.45, 7) is 3.38. The number of hydrogen-bond acceptors (Lipinski definition) is 4. The molecule has 82 valence electrons. The monoisotopic (exact) mass is 211 g/mol. The zero-order valence-electron chi connectivity index (χ0n) is 8.57. The van der Waals surface area contributed by atoms with Crippen molar-refractivity contribution in [2.24, 2.45) is 0 Å². The van der Waals surface area contributed by atoms with Gasteiger partial charge in [-0.25, -0.2) is 4.98 Å². The molecule has 0 spiro atoms. The summed E-state index contributed by atoms with van der Waals surface area (Å²) in [5, 5.41) is 11.4. The summed E-state index contributed by atoms with van der Waals surface area (Å²) in [5.74, 6) is -0.00547. The maximum Gasteiger partial charge on any atom is 0.305 e. The second-order valence-corrected chi connectivity index (χ2v) is 3.36. The van der Waals surface area contributed by atoms with Crippen molar-refractivity contribution in [1.29, 1.82) is 0 Å². The minimum atomic E-state index is -0.892. The second-order valence-electron chi connectivity index (χ2n) is 3.36. The Morgan fingerprint density at radius 2 is 2.40 bits per heavy atom. The number of anilines is 1. The summed E-state index contributed by atoms with van der Waals surface area (Å²) in [4.78, 5) is 28.0. The van der Waals surface area contributed by atoms with Crippen molar-refractivity contribution in [3.63, 3.8) is 0 Å². The van der Waals surface area contributed by atoms with E-state index in [-0.39, 0.29) is 18.0 Å². The van der Waals surface area contributed by atoms with Crippen LogP contribution in [0.4, 0.5) is 5.82 Å². The Bertz CT molecular complexity index is 413. The van der Waals surface area contributed by atoms with Gasteiger partial charge in [0.05, 0.1) is 6.42 Å². The van der Waals surface area contributed by atoms with Crippen LogP contribution < -0.4 is 10.9 Å². The zero-order valence-corrected chi connectivity index (χ0v) is 8.57. The van der Waals surface area contributed by atoms with Crippen LogP contribution in [0.15, 0.2) is 10.9 Å². The van der Waals surface area contributed by atoms with E-state index >= 15 is 0 Å². The van der Waals surface area contributed by atoms with Gasteiger partial charge >= 0.3 is 5.97 Å². The number of carbonyl (C=O) groups is 1. The number of nitrogens with zero attached hydrogens (tertiary/aromatic N) is 1. The van der Waals surface area contributed by atoms with Gasteiger partial charge in [-0.15, -0.1) is 0 Å². The number of aromatic amines is 1. The number of rotatable bonds is 4. The fraction of sp³-hybridized carbons (Fsp3) is 0.444. The molecule has 1 rings (SSSR count). The lowest BCUT2D eigenvalue weighted by Crippen LogP contribution is -2.22. The highest BCUT2D eigenvalue weighted by molar-refractivity contribution is 5.68. The van der Waals surface area contributed by atoms with Crippen LogP contribution in [0.1, 0.15) is 19.2 Å². The molecule has 0 fully saturated rings. The Morgan fingerprint density at radius 1 is 1.73 bits per heavy atom. The minimum absolute atomic E-state index is 0.0203. The van der Waals surface area contributed by atoms with Crippen LogP contribution in [0.2, 0.25) is 0 Å². The Hall–Kier alpha value is -1.85. The van der Waals surface area contributed by atoms with Crippen molar-refractivity contribution < 1.29 is 9.90 Å². The summed E-state index contributed by atoms with van der Waals surface area (Å²) >= 11 is 0. The van der Waals surface area contributed by atoms with Crippen LogP contribution in [-0.4, -0.2) is 27.1 Å². The maximum atomic E-state index is 11.1. The third kappa shape index (κ3) is 3.80. The standard InChI is InChI=1S/C9H13N3O3/c1-5(3-9(14)15)10-7-4-8(13)12-6(2)11-7/h4-5H,3H2,1-2H3,(H,14,15)(H2,10,11,12,13). The highest BCUT2D eigenvalue weighted by atomic mass is 16.4. The van der Waals surface area contributed by atoms with Gasteiger partial charge in [0.15, 0.2) is 0 Å². The van der Waals surface area contributed by atoms with E-state index in [1.165, 1.54) is 6.07 Å². The number of aromatic nitrogens is 2. The lowest BCUT2D eigenvalue weighted by atomic mass is 10.2. The molecular weight excluding hydrogens is 198 g/mol. The number of carboxylic acid groups (broad SMARTS) is 1. The van der Waals surface area contributed by atoms with E-state index in [1.54, 1.807) is 13.8 Å². The van der Waals surface area contributed by atoms with Crippen LogP contribution in [0.3, 0.4) is 0 Å². The van der Waals surface area contributed by atoms with E-state index in [1.807, 2.05) is 0 Å². The Labute approximate surface area is 86.4 Å². The Balaban J connectivity index is 2.72. The molecule has 1 unspecified atom stereocenters. The van der Waals surface area contributed by atoms with Crippen LogP contribution in [-0.2, 0) is 4.79 Å². The minimum Gasteiger partial charge on any atom is -0.481 e. The third-order valence-corrected chi connectivity index (χ3v) is 1.74. The van der Waals surface area contributed by atoms with Crippen LogP contribution in [0.25, 0.3) is 0 Å². The maximum absolute atomic E-state index is 11.1. The molecule has 15 heavy (non-hydrogen) atoms. The smallest absolute Gasteiger partial charge is 0.305 e. The van der Waals surface area contributed by atoms with Gasteiger partial charge in [0.1, 0.15) is 11.6 Å². The SMILES string of the molecule is Cc1nc(NC(C)CC(=O)O)cc(=O)[nH]1. The van der Waals surface area contributed by atoms with E-state index in [4.69, 9.17) is 5.11 Å². The molecule has 0 saturated heterocycles. The lowest BCUT2D eigenvalue weighted by Gasteiger charge is -2.11. The third-order valence-electron chi connectivity index (χ3n) is 1.74. The fourth-order valence-corrected chi connectivity index (χ4v) is 1.22. The van der Waals surface area contributed by atoms with Gasteiger partial charge in [0.25, 0.3) is 5.56 Å². The van der Waals surface area contributed by atoms with E-state index in [0.717, 1.165) is 0 Å². The Kier molecular flexibility index (Phi) is 3.43. The molecule has 1 heterocycles. The van der Waals surface area contributed by atoms with Crippen molar-refractivity contribution >= 4 is 11.8 Å². The van der Waals surface area contributed by atoms with Gasteiger partial charge in [-0.3, -0.25) is 9.59 Å². The summed E-state index contributed by atoms with van der Waals surface area (Å²) in [5.41, 5.74) is -0.257. The Morgan fingerprint density at radius 3 is 2.93 bits per heavy atom. The molecule has 0 saturated carbocycles. The van der Waals surface area contributed by atoms with E-state index in [9.17, 15) is 9.59 Å². The van der Waals surface area contributed by atoms with Gasteiger partial charge < -0.3 is 15.4 Å². The van der Waals surface area contributed by atoms with E-state index in [2.05, 4.69) is 15.3 Å². The van der Waals surface area contributed by atoms with Gasteiger partial charge in [-0.2, -0.15) is 0 Å². The van der Waals surface area contributed by atoms with Crippen molar-refractivity contribution in [3.8, 4) is 0 Å². The largest absolute Gasteiger partial charge is 0.481 e. The number of nitrogens with one attached hydrogen (secondary N) is 2. The highest BCUT2D eigenvalue weighted by Crippen LogP contribution is 2.03. The predicted octanol–water partition coefficient (Wildman–Crippen LogP) is 0.353. The summed E-state index contributed by atoms with van der Waals surface area (Å²) in [7, 11) is 0. The van der Waals surface area contributed by atoms with E-state index < -0.39 is 5.97 Å². The summed E-state index contributed by atoms with van der Waals surface area (Å²) in [6.07, 6.45) is -0.0203. The first-order valence-corrected chi connectivity index (χ1v) is 4.53. The van der Waals surface area contributed by atoms with E-state index in [0.29, 0.717) is 11.6 Å². The van der Waals surface area contributed by atoms with Crippen molar-refractivity contribution in [2.75, 3.05) is 5.32 Å². The first-order chi connectivity index (χ1) is 6.97. The molecule has 1 aromatic heterocycles. The van der Waals surface area contributed by atoms with Crippen LogP contribution in [0, 0.1) is 6.92 Å². The number of carboxylic acids is 1. The average molecular weight is 211 g/mol. The van der Waals surface area contributed by atoms with Crippen molar-refractivity contribution in [3.05, 3.63) is 22.2 Å². The molecule has 0 aromatic carbocycles. The van der Waals surface area contributed by atoms with Gasteiger partial charge in [-0.1, -0.05) is 0 Å². The average Bonchev–Trinajstić information content (AvgIpc) is 1.98. The fourth-order valence-electron chi connectivity index (χ4n) is 1.22. The highest BCUT2D eigenvalue weighted by Gasteiger charge is 2.08. The predicted molar refractivity (Wildman–Crippen MR) is 54.9 cm³/mol. The van der Waals surface area contributed by atoms with Crippen LogP contribution in [0.5, 0.6) is 0 Å². The molecule has 6 nitrogen and oxygen atoms in total. The molecule has 0 aliphatic heterocycles. The summed E-state index contributed by atoms with van der Waals surface area (Å²) in [6, 6.07) is 1.03. The van der Waals surface area contributed by atoms with Crippen molar-refractivity contribution in [2.45, 2.75) is 26.3 Å². The molecule has 1 aromatic rings. The molecule has 0 amide bonds. The molecule has 0 bridgehead atoms. The quantitative estimate of drug-likeness (QED) is 0.668. The normalized spacial score (nSPS) is 12.1. The zero-order chi connectivity index (χ0) is 11.4. The first-order valence-electron chi connectivity index (χ1n) is 4.53. The number of hydrogen-bond donors (Lipinski definition) is 3. The van der Waals surface area contributed by atoms with Gasteiger partial charge in [0.2, 0.25) is 0 Å². The lowest BCUT2D eigenvalue weighted by molar-refractivity contribution is -0.137. The number of H-pyrrole nitrogens is 1. The van der Waals surface area contributed by atoms with Gasteiger partial charge in [-0.05, 0) is 13.8 Å². The summed E-state index contributed by atoms with van der Waals surface area (Å²) < 4.78 is 0. The van der Waals surface area contributed by atoms with Crippen molar-refractivity contribution in [1.82, 2.24) is 9.97 Å². The molecule has 1 atom stereocenters. The first kappa shape index (κ1) is 11.2. The molecule has 6 heteroatoms. The number of aryl methyl sites for hydroxylation is 1. The van der Waals surface area contributed by atoms with Gasteiger partial charge in [0, 0.05) is 12.1 Å². The molecular formula is C9H13N3O3. The molecule has 0 radical (unpaired) electrons. The topological polar surface area (TPSA) is 95.1 Å². The number of aliphatic carboxylic acids is 1. The molecule has 0 aliphatic rings. The second kappa shape index (κ2) is 4.59. The molecule has 3 N–H and O–H groups in total. The molecule has 0 aliphatic carbocycles.